The molecule has 2 amide bonds. The average Bonchev–Trinajstić information content (AvgIpc) is 2.83. The molecule has 5 heteroatoms. The minimum atomic E-state index is -0.571. The van der Waals surface area contributed by atoms with Gasteiger partial charge < -0.3 is 16.0 Å². The molecular formula is C16H23N3O2. The summed E-state index contributed by atoms with van der Waals surface area (Å²) in [5, 5.41) is 8.83. The second-order valence-electron chi connectivity index (χ2n) is 6.48. The maximum Gasteiger partial charge on any atom is 0.251 e. The lowest BCUT2D eigenvalue weighted by molar-refractivity contribution is -0.124. The number of carbonyl (C=O) groups excluding carboxylic acids is 2. The Balaban J connectivity index is 1.99. The Hall–Kier alpha value is -2.04. The summed E-state index contributed by atoms with van der Waals surface area (Å²) >= 11 is 0. The van der Waals surface area contributed by atoms with Gasteiger partial charge in [-0.1, -0.05) is 6.07 Å². The van der Waals surface area contributed by atoms with Crippen LogP contribution in [0.3, 0.4) is 0 Å². The van der Waals surface area contributed by atoms with E-state index in [1.165, 1.54) is 5.56 Å². The Bertz CT molecular complexity index is 561. The van der Waals surface area contributed by atoms with E-state index in [0.29, 0.717) is 5.56 Å². The highest BCUT2D eigenvalue weighted by atomic mass is 16.2. The first-order valence-electron chi connectivity index (χ1n) is 7.26. The minimum Gasteiger partial charge on any atom is -0.384 e. The van der Waals surface area contributed by atoms with E-state index in [4.69, 9.17) is 0 Å². The standard InChI is InChI=1S/C16H23N3O2/c1-10(14(20)19-16(2,3)4)18-15(21)12-6-5-11-7-8-17-13(11)9-12/h5-6,9-10,17H,7-8H2,1-4H3,(H,18,21)(H,19,20). The zero-order chi connectivity index (χ0) is 15.6. The maximum absolute atomic E-state index is 12.2. The van der Waals surface area contributed by atoms with Crippen molar-refractivity contribution in [2.75, 3.05) is 11.9 Å². The zero-order valence-electron chi connectivity index (χ0n) is 13.0. The Morgan fingerprint density at radius 1 is 1.29 bits per heavy atom. The Kier molecular flexibility index (Phi) is 4.21. The molecule has 0 aliphatic carbocycles. The zero-order valence-corrected chi connectivity index (χ0v) is 13.0. The Morgan fingerprint density at radius 3 is 2.67 bits per heavy atom. The van der Waals surface area contributed by atoms with Gasteiger partial charge in [-0.2, -0.15) is 0 Å². The molecule has 0 saturated heterocycles. The van der Waals surface area contributed by atoms with Crippen LogP contribution >= 0.6 is 0 Å². The molecule has 0 radical (unpaired) electrons. The first-order valence-corrected chi connectivity index (χ1v) is 7.26. The Labute approximate surface area is 125 Å². The molecule has 21 heavy (non-hydrogen) atoms. The van der Waals surface area contributed by atoms with Crippen molar-refractivity contribution in [1.82, 2.24) is 10.6 Å². The van der Waals surface area contributed by atoms with E-state index in [2.05, 4.69) is 16.0 Å². The van der Waals surface area contributed by atoms with E-state index in [1.807, 2.05) is 32.9 Å². The van der Waals surface area contributed by atoms with Crippen molar-refractivity contribution in [3.8, 4) is 0 Å². The molecule has 1 atom stereocenters. The van der Waals surface area contributed by atoms with Crippen LogP contribution < -0.4 is 16.0 Å². The van der Waals surface area contributed by atoms with E-state index in [9.17, 15) is 9.59 Å². The number of amides is 2. The third-order valence-corrected chi connectivity index (χ3v) is 3.32. The smallest absolute Gasteiger partial charge is 0.251 e. The van der Waals surface area contributed by atoms with Gasteiger partial charge in [0.2, 0.25) is 5.91 Å². The average molecular weight is 289 g/mol. The second kappa shape index (κ2) is 5.76. The topological polar surface area (TPSA) is 70.2 Å². The molecule has 5 nitrogen and oxygen atoms in total. The van der Waals surface area contributed by atoms with Gasteiger partial charge in [0.25, 0.3) is 5.91 Å². The number of fused-ring (bicyclic) bond motifs is 1. The van der Waals surface area contributed by atoms with Crippen LogP contribution in [0.5, 0.6) is 0 Å². The number of carbonyl (C=O) groups is 2. The van der Waals surface area contributed by atoms with Crippen molar-refractivity contribution in [1.29, 1.82) is 0 Å². The van der Waals surface area contributed by atoms with Gasteiger partial charge in [0.1, 0.15) is 6.04 Å². The molecule has 3 N–H and O–H groups in total. The summed E-state index contributed by atoms with van der Waals surface area (Å²) in [6.07, 6.45) is 0.988. The fourth-order valence-corrected chi connectivity index (χ4v) is 2.26. The van der Waals surface area contributed by atoms with Crippen molar-refractivity contribution in [2.45, 2.75) is 45.7 Å². The summed E-state index contributed by atoms with van der Waals surface area (Å²) in [5.41, 5.74) is 2.49. The van der Waals surface area contributed by atoms with Crippen molar-refractivity contribution in [3.63, 3.8) is 0 Å². The number of anilines is 1. The van der Waals surface area contributed by atoms with Gasteiger partial charge in [-0.05, 0) is 51.8 Å². The summed E-state index contributed by atoms with van der Waals surface area (Å²) < 4.78 is 0. The number of rotatable bonds is 3. The van der Waals surface area contributed by atoms with E-state index >= 15 is 0 Å². The van der Waals surface area contributed by atoms with Crippen LogP contribution in [0.4, 0.5) is 5.69 Å². The second-order valence-corrected chi connectivity index (χ2v) is 6.48. The van der Waals surface area contributed by atoms with E-state index < -0.39 is 6.04 Å². The molecule has 2 rings (SSSR count). The number of hydrogen-bond acceptors (Lipinski definition) is 3. The molecule has 114 valence electrons. The van der Waals surface area contributed by atoms with Gasteiger partial charge in [-0.3, -0.25) is 9.59 Å². The lowest BCUT2D eigenvalue weighted by Crippen LogP contribution is -2.50. The number of nitrogens with one attached hydrogen (secondary N) is 3. The first kappa shape index (κ1) is 15.4. The largest absolute Gasteiger partial charge is 0.384 e. The SMILES string of the molecule is CC(NC(=O)c1ccc2c(c1)NCC2)C(=O)NC(C)(C)C. The molecule has 1 heterocycles. The van der Waals surface area contributed by atoms with Gasteiger partial charge >= 0.3 is 0 Å². The summed E-state index contributed by atoms with van der Waals surface area (Å²) in [5.74, 6) is -0.418. The fourth-order valence-electron chi connectivity index (χ4n) is 2.26. The van der Waals surface area contributed by atoms with Crippen LogP contribution in [-0.4, -0.2) is 29.9 Å². The van der Waals surface area contributed by atoms with Crippen LogP contribution in [0.25, 0.3) is 0 Å². The molecule has 0 bridgehead atoms. The highest BCUT2D eigenvalue weighted by Gasteiger charge is 2.21. The monoisotopic (exact) mass is 289 g/mol. The molecule has 1 aromatic rings. The predicted molar refractivity (Wildman–Crippen MR) is 83.5 cm³/mol. The quantitative estimate of drug-likeness (QED) is 0.793. The molecule has 1 unspecified atom stereocenters. The molecule has 0 fully saturated rings. The lowest BCUT2D eigenvalue weighted by atomic mass is 10.1. The molecule has 1 aliphatic rings. The third-order valence-electron chi connectivity index (χ3n) is 3.32. The number of hydrogen-bond donors (Lipinski definition) is 3. The highest BCUT2D eigenvalue weighted by Crippen LogP contribution is 2.23. The van der Waals surface area contributed by atoms with Crippen LogP contribution in [0, 0.1) is 0 Å². The van der Waals surface area contributed by atoms with Crippen LogP contribution in [0.2, 0.25) is 0 Å². The van der Waals surface area contributed by atoms with E-state index in [0.717, 1.165) is 18.7 Å². The van der Waals surface area contributed by atoms with E-state index in [1.54, 1.807) is 13.0 Å². The highest BCUT2D eigenvalue weighted by molar-refractivity contribution is 5.98. The summed E-state index contributed by atoms with van der Waals surface area (Å²) in [6.45, 7) is 8.32. The minimum absolute atomic E-state index is 0.185. The van der Waals surface area contributed by atoms with Crippen molar-refractivity contribution >= 4 is 17.5 Å². The van der Waals surface area contributed by atoms with Gasteiger partial charge in [-0.15, -0.1) is 0 Å². The fraction of sp³-hybridized carbons (Fsp3) is 0.500. The van der Waals surface area contributed by atoms with Gasteiger partial charge in [0.05, 0.1) is 0 Å². The van der Waals surface area contributed by atoms with Crippen molar-refractivity contribution in [3.05, 3.63) is 29.3 Å². The summed E-state index contributed by atoms with van der Waals surface area (Å²) in [7, 11) is 0. The Morgan fingerprint density at radius 2 is 2.00 bits per heavy atom. The molecule has 1 aromatic carbocycles. The van der Waals surface area contributed by atoms with Crippen LogP contribution in [0.15, 0.2) is 18.2 Å². The normalized spacial score (nSPS) is 14.9. The van der Waals surface area contributed by atoms with Crippen LogP contribution in [-0.2, 0) is 11.2 Å². The molecule has 1 aliphatic heterocycles. The number of benzene rings is 1. The van der Waals surface area contributed by atoms with Gasteiger partial charge in [0, 0.05) is 23.3 Å². The van der Waals surface area contributed by atoms with Crippen molar-refractivity contribution in [2.24, 2.45) is 0 Å². The molecule has 0 saturated carbocycles. The first-order chi connectivity index (χ1) is 9.76. The van der Waals surface area contributed by atoms with Gasteiger partial charge in [0.15, 0.2) is 0 Å². The summed E-state index contributed by atoms with van der Waals surface area (Å²) in [6, 6.07) is 5.03. The maximum atomic E-state index is 12.2. The lowest BCUT2D eigenvalue weighted by Gasteiger charge is -2.23. The molecule has 0 aromatic heterocycles. The molecule has 0 spiro atoms. The van der Waals surface area contributed by atoms with Gasteiger partial charge in [-0.25, -0.2) is 0 Å². The predicted octanol–water partition coefficient (Wildman–Crippen LogP) is 1.69. The van der Waals surface area contributed by atoms with Crippen molar-refractivity contribution < 1.29 is 9.59 Å². The van der Waals surface area contributed by atoms with E-state index in [-0.39, 0.29) is 17.4 Å². The van der Waals surface area contributed by atoms with Crippen LogP contribution in [0.1, 0.15) is 43.6 Å². The summed E-state index contributed by atoms with van der Waals surface area (Å²) in [4.78, 5) is 24.2. The third kappa shape index (κ3) is 3.97. The molecular weight excluding hydrogens is 266 g/mol.